The van der Waals surface area contributed by atoms with Crippen molar-refractivity contribution in [3.8, 4) is 0 Å². The van der Waals surface area contributed by atoms with E-state index >= 15 is 0 Å². The standard InChI is InChI=1S/C12H13O3.C5H5.Fe/c1-3-15-12(14)8-7-10-5-4-6-11(10)9(2)13;1-2-4-5-3-1;/h4-8H,3H2,1-2H3;1-5H;/q;;+2/b8-7+;;. The quantitative estimate of drug-likeness (QED) is 0.453. The van der Waals surface area contributed by atoms with E-state index in [2.05, 4.69) is 0 Å². The van der Waals surface area contributed by atoms with Gasteiger partial charge in [0.05, 0.1) is 12.5 Å². The summed E-state index contributed by atoms with van der Waals surface area (Å²) in [7, 11) is 0. The Morgan fingerprint density at radius 3 is 2.10 bits per heavy atom. The number of carbonyl (C=O) groups is 2. The van der Waals surface area contributed by atoms with Gasteiger partial charge in [-0.05, 0) is 65.2 Å². The molecule has 0 saturated heterocycles. The van der Waals surface area contributed by atoms with Gasteiger partial charge in [0.2, 0.25) is 0 Å². The molecule has 2 fully saturated rings. The van der Waals surface area contributed by atoms with Crippen LogP contribution in [0.15, 0.2) is 12.2 Å². The van der Waals surface area contributed by atoms with E-state index in [1.807, 2.05) is 32.1 Å². The van der Waals surface area contributed by atoms with Crippen molar-refractivity contribution in [2.45, 2.75) is 13.8 Å². The summed E-state index contributed by atoms with van der Waals surface area (Å²) in [4.78, 5) is 22.2. The number of carbonyl (C=O) groups excluding carboxylic acids is 2. The van der Waals surface area contributed by atoms with E-state index in [1.54, 1.807) is 32.3 Å². The van der Waals surface area contributed by atoms with Gasteiger partial charge in [-0.25, -0.2) is 4.79 Å². The molecule has 0 bridgehead atoms. The summed E-state index contributed by atoms with van der Waals surface area (Å²) in [6.07, 6.45) is 18.2. The summed E-state index contributed by atoms with van der Waals surface area (Å²) in [6.45, 7) is 3.59. The molecular formula is C17H18FeO3+2. The molecule has 4 heteroatoms. The van der Waals surface area contributed by atoms with Gasteiger partial charge in [0.1, 0.15) is 5.78 Å². The molecule has 2 rings (SSSR count). The van der Waals surface area contributed by atoms with Gasteiger partial charge in [-0.3, -0.25) is 4.79 Å². The van der Waals surface area contributed by atoms with E-state index in [0.29, 0.717) is 12.5 Å². The summed E-state index contributed by atoms with van der Waals surface area (Å²) in [5, 5.41) is 0. The van der Waals surface area contributed by atoms with Crippen molar-refractivity contribution in [3.05, 3.63) is 75.4 Å². The van der Waals surface area contributed by atoms with Crippen molar-refractivity contribution >= 4 is 11.8 Å². The van der Waals surface area contributed by atoms with Crippen molar-refractivity contribution in [2.24, 2.45) is 0 Å². The number of ether oxygens (including phenoxy) is 1. The predicted octanol–water partition coefficient (Wildman–Crippen LogP) is 2.49. The number of esters is 1. The Hall–Kier alpha value is -0.601. The Balaban J connectivity index is 0.000000562. The molecule has 0 spiro atoms. The number of allylic oxidation sites excluding steroid dienone is 1. The number of Topliss-reactive ketones (excluding diaryl/α,β-unsaturated/α-hetero) is 1. The molecule has 2 aliphatic carbocycles. The monoisotopic (exact) mass is 326 g/mol. The molecule has 3 nitrogen and oxygen atoms in total. The predicted molar refractivity (Wildman–Crippen MR) is 77.3 cm³/mol. The average molecular weight is 326 g/mol. The second-order valence-electron chi connectivity index (χ2n) is 4.00. The van der Waals surface area contributed by atoms with E-state index in [4.69, 9.17) is 4.74 Å². The molecule has 0 amide bonds. The Labute approximate surface area is 139 Å². The van der Waals surface area contributed by atoms with Gasteiger partial charge in [0.25, 0.3) is 0 Å². The molecule has 0 heterocycles. The van der Waals surface area contributed by atoms with Crippen LogP contribution in [-0.2, 0) is 31.4 Å². The third kappa shape index (κ3) is 8.43. The normalized spacial score (nSPS) is 19.0. The fourth-order valence-corrected chi connectivity index (χ4v) is 1.57. The molecule has 2 aliphatic rings. The van der Waals surface area contributed by atoms with Crippen molar-refractivity contribution in [1.82, 2.24) is 0 Å². The van der Waals surface area contributed by atoms with Gasteiger partial charge in [-0.15, -0.1) is 0 Å². The first-order valence-electron chi connectivity index (χ1n) is 6.43. The van der Waals surface area contributed by atoms with Crippen LogP contribution in [0.5, 0.6) is 0 Å². The summed E-state index contributed by atoms with van der Waals surface area (Å²) >= 11 is 0. The Bertz CT molecular complexity index is 327. The molecular weight excluding hydrogens is 308 g/mol. The second kappa shape index (κ2) is 12.0. The molecule has 0 aromatic heterocycles. The van der Waals surface area contributed by atoms with Crippen LogP contribution >= 0.6 is 0 Å². The van der Waals surface area contributed by atoms with Crippen LogP contribution in [0.3, 0.4) is 0 Å². The molecule has 0 aromatic carbocycles. The van der Waals surface area contributed by atoms with Gasteiger partial charge in [0, 0.05) is 12.0 Å². The Morgan fingerprint density at radius 2 is 1.62 bits per heavy atom. The maximum Gasteiger partial charge on any atom is 2.00 e. The van der Waals surface area contributed by atoms with Gasteiger partial charge in [-0.2, -0.15) is 0 Å². The van der Waals surface area contributed by atoms with E-state index in [-0.39, 0.29) is 22.9 Å². The molecule has 21 heavy (non-hydrogen) atoms. The van der Waals surface area contributed by atoms with E-state index in [1.165, 1.54) is 13.0 Å². The zero-order chi connectivity index (χ0) is 14.8. The molecule has 110 valence electrons. The molecule has 0 N–H and O–H groups in total. The minimum Gasteiger partial charge on any atom is -0.463 e. The average Bonchev–Trinajstić information content (AvgIpc) is 3.10. The van der Waals surface area contributed by atoms with Crippen molar-refractivity contribution in [2.75, 3.05) is 6.61 Å². The fourth-order valence-electron chi connectivity index (χ4n) is 1.57. The third-order valence-electron chi connectivity index (χ3n) is 2.47. The van der Waals surface area contributed by atoms with Gasteiger partial charge in [-0.1, -0.05) is 6.08 Å². The Morgan fingerprint density at radius 1 is 1.05 bits per heavy atom. The van der Waals surface area contributed by atoms with Gasteiger partial charge in [0.15, 0.2) is 0 Å². The summed E-state index contributed by atoms with van der Waals surface area (Å²) in [5.41, 5.74) is 0. The van der Waals surface area contributed by atoms with Crippen molar-refractivity contribution < 1.29 is 31.4 Å². The van der Waals surface area contributed by atoms with E-state index in [0.717, 1.165) is 5.92 Å². The first-order chi connectivity index (χ1) is 9.65. The molecule has 0 aromatic rings. The van der Waals surface area contributed by atoms with Crippen molar-refractivity contribution in [1.29, 1.82) is 0 Å². The van der Waals surface area contributed by atoms with Crippen LogP contribution in [0, 0.1) is 63.2 Å². The van der Waals surface area contributed by atoms with Crippen LogP contribution in [0.1, 0.15) is 13.8 Å². The zero-order valence-electron chi connectivity index (χ0n) is 12.1. The SMILES string of the molecule is CCOC(=O)/C=C/[C]1[CH][CH][CH][C]1C(C)=O.[CH]1[CH][CH][CH][CH]1.[Fe+2]. The fraction of sp³-hybridized carbons (Fsp3) is 0.176. The number of rotatable bonds is 4. The smallest absolute Gasteiger partial charge is 0.463 e. The third-order valence-corrected chi connectivity index (χ3v) is 2.47. The summed E-state index contributed by atoms with van der Waals surface area (Å²) in [6, 6.07) is 0. The largest absolute Gasteiger partial charge is 2.00 e. The van der Waals surface area contributed by atoms with Gasteiger partial charge < -0.3 is 4.74 Å². The molecule has 2 saturated carbocycles. The maximum absolute atomic E-state index is 11.1. The van der Waals surface area contributed by atoms with Crippen LogP contribution in [-0.4, -0.2) is 18.4 Å². The van der Waals surface area contributed by atoms with E-state index < -0.39 is 5.97 Å². The Kier molecular flexibility index (Phi) is 11.7. The van der Waals surface area contributed by atoms with Crippen LogP contribution < -0.4 is 0 Å². The minimum atomic E-state index is -0.395. The second-order valence-corrected chi connectivity index (χ2v) is 4.00. The number of hydrogen-bond acceptors (Lipinski definition) is 3. The van der Waals surface area contributed by atoms with Gasteiger partial charge >= 0.3 is 23.0 Å². The number of ketones is 1. The van der Waals surface area contributed by atoms with Crippen molar-refractivity contribution in [3.63, 3.8) is 0 Å². The summed E-state index contributed by atoms with van der Waals surface area (Å²) < 4.78 is 4.73. The first-order valence-corrected chi connectivity index (χ1v) is 6.43. The van der Waals surface area contributed by atoms with Crippen LogP contribution in [0.4, 0.5) is 0 Å². The molecule has 10 radical (unpaired) electrons. The zero-order valence-corrected chi connectivity index (χ0v) is 13.2. The topological polar surface area (TPSA) is 43.4 Å². The first kappa shape index (κ1) is 20.4. The molecule has 0 unspecified atom stereocenters. The van der Waals surface area contributed by atoms with Crippen LogP contribution in [0.2, 0.25) is 0 Å². The molecule has 0 aliphatic heterocycles. The summed E-state index contributed by atoms with van der Waals surface area (Å²) in [5.74, 6) is 0.961. The van der Waals surface area contributed by atoms with Crippen LogP contribution in [0.25, 0.3) is 0 Å². The van der Waals surface area contributed by atoms with E-state index in [9.17, 15) is 9.59 Å². The number of hydrogen-bond donors (Lipinski definition) is 0. The maximum atomic E-state index is 11.1. The minimum absolute atomic E-state index is 0. The molecule has 0 atom stereocenters.